The summed E-state index contributed by atoms with van der Waals surface area (Å²) >= 11 is 0. The van der Waals surface area contributed by atoms with E-state index in [2.05, 4.69) is 20.6 Å². The monoisotopic (exact) mass is 287 g/mol. The fraction of sp³-hybridized carbons (Fsp3) is 0.231. The molecule has 1 amide bonds. The summed E-state index contributed by atoms with van der Waals surface area (Å²) in [6.07, 6.45) is 3.47. The highest BCUT2D eigenvalue weighted by Gasteiger charge is 2.25. The number of aromatic amines is 1. The molecule has 0 saturated heterocycles. The minimum atomic E-state index is -0.458. The number of imidazole rings is 1. The number of nitro benzene ring substituents is 1. The van der Waals surface area contributed by atoms with Crippen LogP contribution in [0.15, 0.2) is 24.5 Å². The number of carbonyl (C=O) groups is 1. The lowest BCUT2D eigenvalue weighted by molar-refractivity contribution is -0.384. The smallest absolute Gasteiger partial charge is 0.292 e. The molecule has 1 aliphatic heterocycles. The van der Waals surface area contributed by atoms with E-state index < -0.39 is 4.92 Å². The summed E-state index contributed by atoms with van der Waals surface area (Å²) in [4.78, 5) is 29.2. The Bertz CT molecular complexity index is 711. The summed E-state index contributed by atoms with van der Waals surface area (Å²) < 4.78 is 0. The number of H-pyrrole nitrogens is 1. The van der Waals surface area contributed by atoms with Crippen LogP contribution in [-0.2, 0) is 11.2 Å². The third kappa shape index (κ3) is 2.42. The lowest BCUT2D eigenvalue weighted by Crippen LogP contribution is -2.10. The SMILES string of the molecule is CC(Nc1cc2c(cc1[N+](=O)[O-])CC(=O)N2)c1ncc[nH]1. The molecule has 3 rings (SSSR count). The Morgan fingerprint density at radius 2 is 2.29 bits per heavy atom. The van der Waals surface area contributed by atoms with E-state index in [0.717, 1.165) is 0 Å². The number of rotatable bonds is 4. The zero-order valence-electron chi connectivity index (χ0n) is 11.2. The number of carbonyl (C=O) groups excluding carboxylic acids is 1. The molecular formula is C13H13N5O3. The van der Waals surface area contributed by atoms with E-state index >= 15 is 0 Å². The van der Waals surface area contributed by atoms with E-state index in [4.69, 9.17) is 0 Å². The molecule has 0 spiro atoms. The molecule has 1 unspecified atom stereocenters. The molecule has 0 bridgehead atoms. The number of hydrogen-bond donors (Lipinski definition) is 3. The van der Waals surface area contributed by atoms with Gasteiger partial charge >= 0.3 is 0 Å². The maximum absolute atomic E-state index is 11.4. The van der Waals surface area contributed by atoms with Crippen LogP contribution in [-0.4, -0.2) is 20.8 Å². The molecule has 1 atom stereocenters. The highest BCUT2D eigenvalue weighted by atomic mass is 16.6. The van der Waals surface area contributed by atoms with Crippen LogP contribution >= 0.6 is 0 Å². The van der Waals surface area contributed by atoms with Gasteiger partial charge < -0.3 is 15.6 Å². The largest absolute Gasteiger partial charge is 0.370 e. The van der Waals surface area contributed by atoms with Crippen LogP contribution in [0.2, 0.25) is 0 Å². The van der Waals surface area contributed by atoms with Crippen LogP contribution in [0.5, 0.6) is 0 Å². The standard InChI is InChI=1S/C13H13N5O3/c1-7(13-14-2-3-15-13)16-10-6-9-8(5-12(19)17-9)4-11(10)18(20)21/h2-4,6-7,16H,5H2,1H3,(H,14,15)(H,17,19). The van der Waals surface area contributed by atoms with Gasteiger partial charge in [0, 0.05) is 24.1 Å². The second-order valence-corrected chi connectivity index (χ2v) is 4.85. The van der Waals surface area contributed by atoms with Crippen LogP contribution in [0.4, 0.5) is 17.1 Å². The van der Waals surface area contributed by atoms with E-state index in [-0.39, 0.29) is 24.1 Å². The zero-order chi connectivity index (χ0) is 15.0. The molecule has 108 valence electrons. The maximum Gasteiger partial charge on any atom is 0.292 e. The molecule has 0 aliphatic carbocycles. The van der Waals surface area contributed by atoms with Crippen molar-refractivity contribution in [2.24, 2.45) is 0 Å². The predicted molar refractivity (Wildman–Crippen MR) is 76.1 cm³/mol. The van der Waals surface area contributed by atoms with E-state index in [9.17, 15) is 14.9 Å². The van der Waals surface area contributed by atoms with Crippen molar-refractivity contribution in [3.8, 4) is 0 Å². The first-order valence-electron chi connectivity index (χ1n) is 6.41. The topological polar surface area (TPSA) is 113 Å². The number of hydrogen-bond acceptors (Lipinski definition) is 5. The van der Waals surface area contributed by atoms with Crippen molar-refractivity contribution in [2.45, 2.75) is 19.4 Å². The molecular weight excluding hydrogens is 274 g/mol. The maximum atomic E-state index is 11.4. The van der Waals surface area contributed by atoms with Gasteiger partial charge in [0.05, 0.1) is 17.4 Å². The van der Waals surface area contributed by atoms with Crippen LogP contribution in [0.3, 0.4) is 0 Å². The fourth-order valence-electron chi connectivity index (χ4n) is 2.34. The second-order valence-electron chi connectivity index (χ2n) is 4.85. The van der Waals surface area contributed by atoms with Crippen molar-refractivity contribution in [1.82, 2.24) is 9.97 Å². The lowest BCUT2D eigenvalue weighted by Gasteiger charge is -2.14. The molecule has 1 aromatic heterocycles. The van der Waals surface area contributed by atoms with E-state index in [0.29, 0.717) is 22.8 Å². The minimum absolute atomic E-state index is 0.0522. The summed E-state index contributed by atoms with van der Waals surface area (Å²) in [5, 5.41) is 16.9. The Morgan fingerprint density at radius 1 is 1.48 bits per heavy atom. The summed E-state index contributed by atoms with van der Waals surface area (Å²) in [6, 6.07) is 2.80. The number of benzene rings is 1. The average Bonchev–Trinajstić information content (AvgIpc) is 3.05. The Kier molecular flexibility index (Phi) is 3.05. The molecule has 1 aliphatic rings. The average molecular weight is 287 g/mol. The molecule has 0 fully saturated rings. The van der Waals surface area contributed by atoms with E-state index in [1.54, 1.807) is 18.5 Å². The minimum Gasteiger partial charge on any atom is -0.370 e. The van der Waals surface area contributed by atoms with Crippen molar-refractivity contribution >= 4 is 23.0 Å². The summed E-state index contributed by atoms with van der Waals surface area (Å²) in [5.41, 5.74) is 1.55. The van der Waals surface area contributed by atoms with Gasteiger partial charge in [-0.15, -0.1) is 0 Å². The van der Waals surface area contributed by atoms with Gasteiger partial charge in [0.25, 0.3) is 5.69 Å². The Balaban J connectivity index is 1.95. The summed E-state index contributed by atoms with van der Waals surface area (Å²) in [5.74, 6) is 0.518. The second kappa shape index (κ2) is 4.89. The van der Waals surface area contributed by atoms with Gasteiger partial charge in [-0.25, -0.2) is 4.98 Å². The molecule has 3 N–H and O–H groups in total. The quantitative estimate of drug-likeness (QED) is 0.588. The van der Waals surface area contributed by atoms with Gasteiger partial charge in [0.1, 0.15) is 11.5 Å². The number of amides is 1. The molecule has 8 heteroatoms. The van der Waals surface area contributed by atoms with Crippen LogP contribution in [0, 0.1) is 10.1 Å². The van der Waals surface area contributed by atoms with Crippen molar-refractivity contribution in [3.63, 3.8) is 0 Å². The summed E-state index contributed by atoms with van der Waals surface area (Å²) in [6.45, 7) is 1.84. The van der Waals surface area contributed by atoms with Gasteiger partial charge in [0.15, 0.2) is 0 Å². The third-order valence-electron chi connectivity index (χ3n) is 3.34. The molecule has 2 aromatic rings. The number of anilines is 2. The Hall–Kier alpha value is -2.90. The highest BCUT2D eigenvalue weighted by molar-refractivity contribution is 6.00. The number of nitrogens with zero attached hydrogens (tertiary/aromatic N) is 2. The van der Waals surface area contributed by atoms with Crippen LogP contribution in [0.25, 0.3) is 0 Å². The molecule has 1 aromatic carbocycles. The number of nitro groups is 1. The van der Waals surface area contributed by atoms with Crippen molar-refractivity contribution in [1.29, 1.82) is 0 Å². The van der Waals surface area contributed by atoms with Crippen LogP contribution < -0.4 is 10.6 Å². The normalized spacial score (nSPS) is 14.4. The fourth-order valence-corrected chi connectivity index (χ4v) is 2.34. The van der Waals surface area contributed by atoms with Crippen molar-refractivity contribution < 1.29 is 9.72 Å². The van der Waals surface area contributed by atoms with Crippen LogP contribution in [0.1, 0.15) is 24.4 Å². The Morgan fingerprint density at radius 3 is 2.95 bits per heavy atom. The van der Waals surface area contributed by atoms with E-state index in [1.807, 2.05) is 6.92 Å². The summed E-state index contributed by atoms with van der Waals surface area (Å²) in [7, 11) is 0. The van der Waals surface area contributed by atoms with Crippen molar-refractivity contribution in [2.75, 3.05) is 10.6 Å². The Labute approximate surface area is 119 Å². The zero-order valence-corrected chi connectivity index (χ0v) is 11.2. The van der Waals surface area contributed by atoms with E-state index in [1.165, 1.54) is 6.07 Å². The van der Waals surface area contributed by atoms with Crippen molar-refractivity contribution in [3.05, 3.63) is 46.0 Å². The van der Waals surface area contributed by atoms with Gasteiger partial charge in [-0.3, -0.25) is 14.9 Å². The first-order chi connectivity index (χ1) is 10.0. The highest BCUT2D eigenvalue weighted by Crippen LogP contribution is 2.35. The number of fused-ring (bicyclic) bond motifs is 1. The van der Waals surface area contributed by atoms with Gasteiger partial charge in [-0.05, 0) is 18.6 Å². The molecule has 0 radical (unpaired) electrons. The number of aromatic nitrogens is 2. The molecule has 2 heterocycles. The first kappa shape index (κ1) is 13.1. The molecule has 0 saturated carbocycles. The van der Waals surface area contributed by atoms with Gasteiger partial charge in [-0.1, -0.05) is 0 Å². The third-order valence-corrected chi connectivity index (χ3v) is 3.34. The number of nitrogens with one attached hydrogen (secondary N) is 3. The van der Waals surface area contributed by atoms with Gasteiger partial charge in [-0.2, -0.15) is 0 Å². The molecule has 21 heavy (non-hydrogen) atoms. The van der Waals surface area contributed by atoms with Gasteiger partial charge in [0.2, 0.25) is 5.91 Å². The molecule has 8 nitrogen and oxygen atoms in total. The lowest BCUT2D eigenvalue weighted by atomic mass is 10.1. The predicted octanol–water partition coefficient (Wildman–Crippen LogP) is 1.99. The first-order valence-corrected chi connectivity index (χ1v) is 6.41.